The molecule has 0 amide bonds. The van der Waals surface area contributed by atoms with Gasteiger partial charge in [-0.05, 0) is 30.3 Å². The number of rotatable bonds is 6. The average molecular weight is 396 g/mol. The first-order chi connectivity index (χ1) is 12.9. The predicted octanol–water partition coefficient (Wildman–Crippen LogP) is 1.21. The zero-order chi connectivity index (χ0) is 19.4. The SMILES string of the molecule is O=C(OCC(=O)c1ccc[nH]1)c1ccc(F)c(S(=O)(=O)N2CCOCC2)c1. The molecule has 1 aliphatic rings. The molecule has 3 rings (SSSR count). The van der Waals surface area contributed by atoms with Crippen LogP contribution in [-0.2, 0) is 19.5 Å². The van der Waals surface area contributed by atoms with Crippen LogP contribution >= 0.6 is 0 Å². The summed E-state index contributed by atoms with van der Waals surface area (Å²) in [4.78, 5) is 26.1. The Balaban J connectivity index is 1.76. The molecule has 1 aliphatic heterocycles. The second-order valence-corrected chi connectivity index (χ2v) is 7.65. The number of nitrogens with one attached hydrogen (secondary N) is 1. The van der Waals surface area contributed by atoms with E-state index in [0.29, 0.717) is 0 Å². The second-order valence-electron chi connectivity index (χ2n) is 5.74. The standard InChI is InChI=1S/C17H17FN2O6S/c18-13-4-3-12(17(22)26-11-15(21)14-2-1-5-19-14)10-16(13)27(23,24)20-6-8-25-9-7-20/h1-5,10,19H,6-9,11H2. The highest BCUT2D eigenvalue weighted by Gasteiger charge is 2.30. The third kappa shape index (κ3) is 4.24. The fraction of sp³-hybridized carbons (Fsp3) is 0.294. The van der Waals surface area contributed by atoms with Crippen molar-refractivity contribution in [3.05, 3.63) is 53.6 Å². The Hall–Kier alpha value is -2.56. The third-order valence-electron chi connectivity index (χ3n) is 3.99. The van der Waals surface area contributed by atoms with Crippen molar-refractivity contribution in [3.63, 3.8) is 0 Å². The number of aromatic amines is 1. The van der Waals surface area contributed by atoms with E-state index in [0.717, 1.165) is 22.5 Å². The number of nitrogens with zero attached hydrogens (tertiary/aromatic N) is 1. The molecule has 27 heavy (non-hydrogen) atoms. The number of hydrogen-bond donors (Lipinski definition) is 1. The monoisotopic (exact) mass is 396 g/mol. The number of hydrogen-bond acceptors (Lipinski definition) is 6. The van der Waals surface area contributed by atoms with Crippen LogP contribution in [-0.4, -0.2) is 62.4 Å². The maximum Gasteiger partial charge on any atom is 0.338 e. The smallest absolute Gasteiger partial charge is 0.338 e. The van der Waals surface area contributed by atoms with Crippen LogP contribution in [0.25, 0.3) is 0 Å². The fourth-order valence-corrected chi connectivity index (χ4v) is 4.05. The van der Waals surface area contributed by atoms with Gasteiger partial charge in [0.25, 0.3) is 0 Å². The number of morpholine rings is 1. The summed E-state index contributed by atoms with van der Waals surface area (Å²) in [5.41, 5.74) is 0.111. The number of benzene rings is 1. The van der Waals surface area contributed by atoms with Crippen LogP contribution in [0.4, 0.5) is 4.39 Å². The molecule has 1 saturated heterocycles. The Labute approximate surface area is 154 Å². The molecule has 1 aromatic carbocycles. The Morgan fingerprint density at radius 3 is 2.63 bits per heavy atom. The van der Waals surface area contributed by atoms with E-state index in [1.807, 2.05) is 0 Å². The van der Waals surface area contributed by atoms with Crippen LogP contribution in [0.15, 0.2) is 41.4 Å². The normalized spacial score (nSPS) is 15.4. The quantitative estimate of drug-likeness (QED) is 0.581. The molecule has 0 saturated carbocycles. The van der Waals surface area contributed by atoms with E-state index in [-0.39, 0.29) is 37.6 Å². The highest BCUT2D eigenvalue weighted by atomic mass is 32.2. The first-order valence-electron chi connectivity index (χ1n) is 8.11. The van der Waals surface area contributed by atoms with E-state index in [1.165, 1.54) is 6.07 Å². The minimum atomic E-state index is -4.12. The fourth-order valence-electron chi connectivity index (χ4n) is 2.55. The lowest BCUT2D eigenvalue weighted by Crippen LogP contribution is -2.41. The van der Waals surface area contributed by atoms with E-state index in [2.05, 4.69) is 4.98 Å². The summed E-state index contributed by atoms with van der Waals surface area (Å²) in [7, 11) is -4.12. The van der Waals surface area contributed by atoms with Crippen molar-refractivity contribution in [2.75, 3.05) is 32.9 Å². The Morgan fingerprint density at radius 1 is 1.22 bits per heavy atom. The van der Waals surface area contributed by atoms with Crippen molar-refractivity contribution in [3.8, 4) is 0 Å². The van der Waals surface area contributed by atoms with Gasteiger partial charge in [-0.1, -0.05) is 0 Å². The molecule has 1 N–H and O–H groups in total. The number of sulfonamides is 1. The number of ether oxygens (including phenoxy) is 2. The average Bonchev–Trinajstić information content (AvgIpc) is 3.21. The van der Waals surface area contributed by atoms with Crippen LogP contribution in [0.1, 0.15) is 20.8 Å². The lowest BCUT2D eigenvalue weighted by Gasteiger charge is -2.26. The lowest BCUT2D eigenvalue weighted by molar-refractivity contribution is 0.0473. The van der Waals surface area contributed by atoms with Crippen molar-refractivity contribution in [1.82, 2.24) is 9.29 Å². The summed E-state index contributed by atoms with van der Waals surface area (Å²) < 4.78 is 50.5. The van der Waals surface area contributed by atoms with Gasteiger partial charge in [-0.25, -0.2) is 17.6 Å². The number of ketones is 1. The molecule has 144 valence electrons. The van der Waals surface area contributed by atoms with E-state index >= 15 is 0 Å². The molecule has 10 heteroatoms. The Kier molecular flexibility index (Phi) is 5.68. The summed E-state index contributed by atoms with van der Waals surface area (Å²) in [5.74, 6) is -2.34. The van der Waals surface area contributed by atoms with Gasteiger partial charge in [0.05, 0.1) is 24.5 Å². The summed E-state index contributed by atoms with van der Waals surface area (Å²) in [6, 6.07) is 6.06. The second kappa shape index (κ2) is 7.99. The van der Waals surface area contributed by atoms with Crippen molar-refractivity contribution < 1.29 is 31.9 Å². The summed E-state index contributed by atoms with van der Waals surface area (Å²) in [6.07, 6.45) is 1.55. The highest BCUT2D eigenvalue weighted by molar-refractivity contribution is 7.89. The zero-order valence-corrected chi connectivity index (χ0v) is 15.0. The van der Waals surface area contributed by atoms with Crippen molar-refractivity contribution in [2.24, 2.45) is 0 Å². The first-order valence-corrected chi connectivity index (χ1v) is 9.55. The Morgan fingerprint density at radius 2 is 1.96 bits per heavy atom. The maximum absolute atomic E-state index is 14.1. The number of esters is 1. The van der Waals surface area contributed by atoms with Gasteiger partial charge in [0, 0.05) is 19.3 Å². The van der Waals surface area contributed by atoms with Crippen LogP contribution in [0.5, 0.6) is 0 Å². The van der Waals surface area contributed by atoms with E-state index < -0.39 is 39.1 Å². The van der Waals surface area contributed by atoms with Crippen LogP contribution < -0.4 is 0 Å². The molecular weight excluding hydrogens is 379 g/mol. The van der Waals surface area contributed by atoms with Gasteiger partial charge in [-0.15, -0.1) is 0 Å². The van der Waals surface area contributed by atoms with Crippen molar-refractivity contribution >= 4 is 21.8 Å². The number of aromatic nitrogens is 1. The molecule has 1 aromatic heterocycles. The molecule has 0 unspecified atom stereocenters. The predicted molar refractivity (Wildman–Crippen MR) is 91.4 cm³/mol. The molecule has 0 bridgehead atoms. The summed E-state index contributed by atoms with van der Waals surface area (Å²) >= 11 is 0. The minimum Gasteiger partial charge on any atom is -0.454 e. The van der Waals surface area contributed by atoms with Gasteiger partial charge in [0.15, 0.2) is 6.61 Å². The zero-order valence-electron chi connectivity index (χ0n) is 14.2. The van der Waals surface area contributed by atoms with Crippen molar-refractivity contribution in [2.45, 2.75) is 4.90 Å². The number of halogens is 1. The van der Waals surface area contributed by atoms with Crippen molar-refractivity contribution in [1.29, 1.82) is 0 Å². The van der Waals surface area contributed by atoms with Gasteiger partial charge >= 0.3 is 5.97 Å². The molecule has 2 aromatic rings. The topological polar surface area (TPSA) is 106 Å². The maximum atomic E-state index is 14.1. The lowest BCUT2D eigenvalue weighted by atomic mass is 10.2. The van der Waals surface area contributed by atoms with Crippen LogP contribution in [0.3, 0.4) is 0 Å². The molecule has 0 spiro atoms. The molecule has 0 radical (unpaired) electrons. The van der Waals surface area contributed by atoms with E-state index in [4.69, 9.17) is 9.47 Å². The van der Waals surface area contributed by atoms with Gasteiger partial charge < -0.3 is 14.5 Å². The van der Waals surface area contributed by atoms with Crippen LogP contribution in [0, 0.1) is 5.82 Å². The summed E-state index contributed by atoms with van der Waals surface area (Å²) in [6.45, 7) is 0.0946. The molecule has 0 aliphatic carbocycles. The molecule has 2 heterocycles. The highest BCUT2D eigenvalue weighted by Crippen LogP contribution is 2.22. The van der Waals surface area contributed by atoms with Gasteiger partial charge in [0.2, 0.25) is 15.8 Å². The molecular formula is C17H17FN2O6S. The molecule has 8 nitrogen and oxygen atoms in total. The number of carbonyl (C=O) groups is 2. The van der Waals surface area contributed by atoms with Gasteiger partial charge in [-0.3, -0.25) is 4.79 Å². The number of carbonyl (C=O) groups excluding carboxylic acids is 2. The number of Topliss-reactive ketones (excluding diaryl/α,β-unsaturated/α-hetero) is 1. The van der Waals surface area contributed by atoms with Gasteiger partial charge in [-0.2, -0.15) is 4.31 Å². The molecule has 1 fully saturated rings. The largest absolute Gasteiger partial charge is 0.454 e. The van der Waals surface area contributed by atoms with E-state index in [9.17, 15) is 22.4 Å². The van der Waals surface area contributed by atoms with E-state index in [1.54, 1.807) is 12.3 Å². The molecule has 0 atom stereocenters. The number of H-pyrrole nitrogens is 1. The minimum absolute atomic E-state index is 0.0983. The summed E-state index contributed by atoms with van der Waals surface area (Å²) in [5, 5.41) is 0. The first kappa shape index (κ1) is 19.2. The Bertz CT molecular complexity index is 936. The van der Waals surface area contributed by atoms with Gasteiger partial charge in [0.1, 0.15) is 10.7 Å². The third-order valence-corrected chi connectivity index (χ3v) is 5.90. The van der Waals surface area contributed by atoms with Crippen LogP contribution in [0.2, 0.25) is 0 Å².